The summed E-state index contributed by atoms with van der Waals surface area (Å²) in [6, 6.07) is 8.04. The number of nitrogens with one attached hydrogen (secondary N) is 1. The topological polar surface area (TPSA) is 55.6 Å². The summed E-state index contributed by atoms with van der Waals surface area (Å²) in [5, 5.41) is 14.6. The van der Waals surface area contributed by atoms with Gasteiger partial charge in [-0.25, -0.2) is 0 Å². The molecule has 0 aliphatic carbocycles. The van der Waals surface area contributed by atoms with Crippen LogP contribution >= 0.6 is 22.6 Å². The van der Waals surface area contributed by atoms with Crippen molar-refractivity contribution in [1.82, 2.24) is 25.5 Å². The van der Waals surface area contributed by atoms with Gasteiger partial charge in [-0.2, -0.15) is 4.68 Å². The minimum absolute atomic E-state index is 0.651. The molecule has 0 saturated heterocycles. The molecule has 0 atom stereocenters. The second-order valence-corrected chi connectivity index (χ2v) is 4.26. The van der Waals surface area contributed by atoms with Crippen molar-refractivity contribution in [3.05, 3.63) is 33.7 Å². The Bertz CT molecular complexity index is 453. The average molecular weight is 315 g/mol. The van der Waals surface area contributed by atoms with Crippen LogP contribution in [0.1, 0.15) is 5.82 Å². The van der Waals surface area contributed by atoms with Gasteiger partial charge in [0.1, 0.15) is 0 Å². The third-order valence-corrected chi connectivity index (χ3v) is 2.59. The Labute approximate surface area is 101 Å². The van der Waals surface area contributed by atoms with Crippen LogP contribution in [-0.2, 0) is 6.54 Å². The lowest BCUT2D eigenvalue weighted by Gasteiger charge is -2.03. The van der Waals surface area contributed by atoms with Gasteiger partial charge < -0.3 is 5.32 Å². The summed E-state index contributed by atoms with van der Waals surface area (Å²) in [4.78, 5) is 0. The summed E-state index contributed by atoms with van der Waals surface area (Å²) in [7, 11) is 1.87. The lowest BCUT2D eigenvalue weighted by molar-refractivity contribution is 0.708. The molecular weight excluding hydrogens is 305 g/mol. The van der Waals surface area contributed by atoms with Crippen LogP contribution in [0.15, 0.2) is 24.3 Å². The molecule has 1 aromatic carbocycles. The zero-order valence-electron chi connectivity index (χ0n) is 8.18. The van der Waals surface area contributed by atoms with Crippen LogP contribution in [0.4, 0.5) is 0 Å². The first-order chi connectivity index (χ1) is 7.31. The number of aromatic nitrogens is 4. The zero-order valence-corrected chi connectivity index (χ0v) is 10.3. The third-order valence-electron chi connectivity index (χ3n) is 1.92. The van der Waals surface area contributed by atoms with E-state index in [0.717, 1.165) is 15.1 Å². The van der Waals surface area contributed by atoms with Crippen molar-refractivity contribution in [2.75, 3.05) is 7.05 Å². The molecule has 2 rings (SSSR count). The summed E-state index contributed by atoms with van der Waals surface area (Å²) in [6.07, 6.45) is 0. The van der Waals surface area contributed by atoms with Crippen molar-refractivity contribution < 1.29 is 0 Å². The van der Waals surface area contributed by atoms with Crippen molar-refractivity contribution >= 4 is 22.6 Å². The second kappa shape index (κ2) is 4.67. The highest BCUT2D eigenvalue weighted by atomic mass is 127. The van der Waals surface area contributed by atoms with Gasteiger partial charge in [-0.05, 0) is 58.3 Å². The van der Waals surface area contributed by atoms with Crippen molar-refractivity contribution in [3.63, 3.8) is 0 Å². The molecule has 0 aliphatic heterocycles. The van der Waals surface area contributed by atoms with Crippen LogP contribution in [0, 0.1) is 3.57 Å². The van der Waals surface area contributed by atoms with Crippen LogP contribution in [-0.4, -0.2) is 27.3 Å². The molecule has 5 nitrogen and oxygen atoms in total. The average Bonchev–Trinajstić information content (AvgIpc) is 2.66. The molecule has 0 amide bonds. The van der Waals surface area contributed by atoms with Gasteiger partial charge in [-0.3, -0.25) is 0 Å². The molecule has 78 valence electrons. The first-order valence-corrected chi connectivity index (χ1v) is 5.57. The van der Waals surface area contributed by atoms with Gasteiger partial charge in [-0.1, -0.05) is 6.07 Å². The molecule has 0 spiro atoms. The Balaban J connectivity index is 2.40. The van der Waals surface area contributed by atoms with Crippen molar-refractivity contribution in [2.45, 2.75) is 6.54 Å². The smallest absolute Gasteiger partial charge is 0.170 e. The second-order valence-electron chi connectivity index (χ2n) is 3.02. The molecule has 0 fully saturated rings. The summed E-state index contributed by atoms with van der Waals surface area (Å²) in [5.41, 5.74) is 0.983. The SMILES string of the molecule is CNCc1nnnn1-c1cccc(I)c1. The molecule has 1 heterocycles. The molecule has 0 unspecified atom stereocenters. The molecule has 1 N–H and O–H groups in total. The number of hydrogen-bond acceptors (Lipinski definition) is 4. The molecule has 6 heteroatoms. The Morgan fingerprint density at radius 3 is 3.07 bits per heavy atom. The van der Waals surface area contributed by atoms with E-state index in [2.05, 4.69) is 43.4 Å². The molecule has 0 radical (unpaired) electrons. The van der Waals surface area contributed by atoms with Gasteiger partial charge in [0.2, 0.25) is 0 Å². The Morgan fingerprint density at radius 1 is 1.47 bits per heavy atom. The van der Waals surface area contributed by atoms with Crippen molar-refractivity contribution in [2.24, 2.45) is 0 Å². The largest absolute Gasteiger partial charge is 0.313 e. The van der Waals surface area contributed by atoms with Crippen molar-refractivity contribution in [1.29, 1.82) is 0 Å². The predicted molar refractivity (Wildman–Crippen MR) is 64.6 cm³/mol. The van der Waals surface area contributed by atoms with E-state index in [9.17, 15) is 0 Å². The summed E-state index contributed by atoms with van der Waals surface area (Å²) in [6.45, 7) is 0.651. The zero-order chi connectivity index (χ0) is 10.7. The predicted octanol–water partition coefficient (Wildman–Crippen LogP) is 0.986. The number of nitrogens with zero attached hydrogens (tertiary/aromatic N) is 4. The lowest BCUT2D eigenvalue weighted by Crippen LogP contribution is -2.12. The quantitative estimate of drug-likeness (QED) is 0.858. The highest BCUT2D eigenvalue weighted by Gasteiger charge is 2.06. The Hall–Kier alpha value is -1.02. The number of tetrazole rings is 1. The Morgan fingerprint density at radius 2 is 2.33 bits per heavy atom. The van der Waals surface area contributed by atoms with Gasteiger partial charge in [-0.15, -0.1) is 5.10 Å². The van der Waals surface area contributed by atoms with Crippen LogP contribution < -0.4 is 5.32 Å². The summed E-state index contributed by atoms with van der Waals surface area (Å²) < 4.78 is 2.90. The van der Waals surface area contributed by atoms with Crippen LogP contribution in [0.3, 0.4) is 0 Å². The van der Waals surface area contributed by atoms with E-state index in [1.807, 2.05) is 31.3 Å². The fourth-order valence-electron chi connectivity index (χ4n) is 1.28. The lowest BCUT2D eigenvalue weighted by atomic mass is 10.3. The van der Waals surface area contributed by atoms with Gasteiger partial charge >= 0.3 is 0 Å². The number of hydrogen-bond donors (Lipinski definition) is 1. The highest BCUT2D eigenvalue weighted by molar-refractivity contribution is 14.1. The van der Waals surface area contributed by atoms with Crippen LogP contribution in [0.2, 0.25) is 0 Å². The van der Waals surface area contributed by atoms with E-state index in [0.29, 0.717) is 6.54 Å². The minimum atomic E-state index is 0.651. The highest BCUT2D eigenvalue weighted by Crippen LogP contribution is 2.12. The minimum Gasteiger partial charge on any atom is -0.313 e. The van der Waals surface area contributed by atoms with Gasteiger partial charge in [0.15, 0.2) is 5.82 Å². The summed E-state index contributed by atoms with van der Waals surface area (Å²) in [5.74, 6) is 0.805. The number of rotatable bonds is 3. The first kappa shape index (κ1) is 10.5. The molecule has 0 saturated carbocycles. The standard InChI is InChI=1S/C9H10IN5/c1-11-6-9-12-13-14-15(9)8-4-2-3-7(10)5-8/h2-5,11H,6H2,1H3. The number of halogens is 1. The maximum Gasteiger partial charge on any atom is 0.170 e. The van der Waals surface area contributed by atoms with E-state index in [-0.39, 0.29) is 0 Å². The fourth-order valence-corrected chi connectivity index (χ4v) is 1.81. The van der Waals surface area contributed by atoms with E-state index in [4.69, 9.17) is 0 Å². The number of benzene rings is 1. The van der Waals surface area contributed by atoms with E-state index in [1.165, 1.54) is 0 Å². The van der Waals surface area contributed by atoms with Gasteiger partial charge in [0.25, 0.3) is 0 Å². The maximum absolute atomic E-state index is 3.96. The fraction of sp³-hybridized carbons (Fsp3) is 0.222. The molecule has 0 bridgehead atoms. The molecule has 1 aromatic heterocycles. The van der Waals surface area contributed by atoms with E-state index >= 15 is 0 Å². The van der Waals surface area contributed by atoms with E-state index in [1.54, 1.807) is 4.68 Å². The van der Waals surface area contributed by atoms with Gasteiger partial charge in [0.05, 0.1) is 12.2 Å². The first-order valence-electron chi connectivity index (χ1n) is 4.49. The maximum atomic E-state index is 3.96. The van der Waals surface area contributed by atoms with Gasteiger partial charge in [0, 0.05) is 3.57 Å². The monoisotopic (exact) mass is 315 g/mol. The summed E-state index contributed by atoms with van der Waals surface area (Å²) >= 11 is 2.27. The van der Waals surface area contributed by atoms with Crippen LogP contribution in [0.25, 0.3) is 5.69 Å². The normalized spacial score (nSPS) is 10.5. The molecule has 2 aromatic rings. The molecule has 0 aliphatic rings. The van der Waals surface area contributed by atoms with Crippen LogP contribution in [0.5, 0.6) is 0 Å². The third kappa shape index (κ3) is 2.32. The Kier molecular flexibility index (Phi) is 3.27. The van der Waals surface area contributed by atoms with E-state index < -0.39 is 0 Å². The molecular formula is C9H10IN5. The van der Waals surface area contributed by atoms with Crippen molar-refractivity contribution in [3.8, 4) is 5.69 Å². The molecule has 15 heavy (non-hydrogen) atoms.